The Bertz CT molecular complexity index is 402. The number of carbonyl (C=O) groups excluding carboxylic acids is 2. The molecule has 0 aromatic rings. The van der Waals surface area contributed by atoms with Gasteiger partial charge in [0.15, 0.2) is 0 Å². The zero-order valence-corrected chi connectivity index (χ0v) is 9.30. The van der Waals surface area contributed by atoms with Crippen LogP contribution in [0.15, 0.2) is 12.2 Å². The highest BCUT2D eigenvalue weighted by Gasteiger charge is 2.63. The summed E-state index contributed by atoms with van der Waals surface area (Å²) in [6, 6.07) is 0. The van der Waals surface area contributed by atoms with E-state index in [9.17, 15) is 9.59 Å². The number of carbonyl (C=O) groups is 2. The number of ether oxygens (including phenoxy) is 2. The molecule has 2 aliphatic carbocycles. The van der Waals surface area contributed by atoms with E-state index in [1.54, 1.807) is 0 Å². The van der Waals surface area contributed by atoms with Crippen molar-refractivity contribution in [3.8, 4) is 0 Å². The van der Waals surface area contributed by atoms with Crippen LogP contribution in [0.3, 0.4) is 0 Å². The molecule has 2 saturated carbocycles. The topological polar surface area (TPSA) is 72.8 Å². The summed E-state index contributed by atoms with van der Waals surface area (Å²) in [5.74, 6) is -0.294. The van der Waals surface area contributed by atoms with Crippen molar-refractivity contribution in [3.63, 3.8) is 0 Å². The minimum Gasteiger partial charge on any atom is -0.458 e. The normalized spacial score (nSPS) is 41.5. The second kappa shape index (κ2) is 3.57. The molecule has 1 N–H and O–H groups in total. The lowest BCUT2D eigenvalue weighted by Gasteiger charge is -2.25. The molecule has 0 amide bonds. The van der Waals surface area contributed by atoms with Gasteiger partial charge in [-0.25, -0.2) is 4.79 Å². The Morgan fingerprint density at radius 2 is 2.29 bits per heavy atom. The predicted molar refractivity (Wildman–Crippen MR) is 55.7 cm³/mol. The SMILES string of the molecule is C=C(CO)C(=O)OC1C2OC(=O)C3C[C@@H]1CC32. The van der Waals surface area contributed by atoms with E-state index < -0.39 is 12.6 Å². The Labute approximate surface area is 98.4 Å². The summed E-state index contributed by atoms with van der Waals surface area (Å²) in [4.78, 5) is 23.0. The zero-order chi connectivity index (χ0) is 12.2. The van der Waals surface area contributed by atoms with E-state index in [-0.39, 0.29) is 41.5 Å². The third-order valence-electron chi connectivity index (χ3n) is 4.14. The number of aliphatic hydroxyl groups is 1. The molecule has 5 heteroatoms. The molecule has 0 radical (unpaired) electrons. The summed E-state index contributed by atoms with van der Waals surface area (Å²) < 4.78 is 10.6. The van der Waals surface area contributed by atoms with E-state index in [0.29, 0.717) is 0 Å². The first kappa shape index (κ1) is 10.8. The molecular weight excluding hydrogens is 224 g/mol. The van der Waals surface area contributed by atoms with Gasteiger partial charge in [-0.15, -0.1) is 0 Å². The number of fused-ring (bicyclic) bond motifs is 1. The van der Waals surface area contributed by atoms with Crippen molar-refractivity contribution < 1.29 is 24.2 Å². The molecule has 3 rings (SSSR count). The number of hydrogen-bond acceptors (Lipinski definition) is 5. The van der Waals surface area contributed by atoms with Gasteiger partial charge in [0.2, 0.25) is 0 Å². The van der Waals surface area contributed by atoms with Crippen molar-refractivity contribution in [1.82, 2.24) is 0 Å². The van der Waals surface area contributed by atoms with Gasteiger partial charge in [-0.05, 0) is 12.8 Å². The molecule has 5 nitrogen and oxygen atoms in total. The summed E-state index contributed by atoms with van der Waals surface area (Å²) in [5.41, 5.74) is 0.0358. The van der Waals surface area contributed by atoms with E-state index in [0.717, 1.165) is 12.8 Å². The van der Waals surface area contributed by atoms with Crippen molar-refractivity contribution in [2.45, 2.75) is 25.0 Å². The highest BCUT2D eigenvalue weighted by molar-refractivity contribution is 5.88. The molecular formula is C12H14O5. The Kier molecular flexibility index (Phi) is 2.26. The van der Waals surface area contributed by atoms with Gasteiger partial charge >= 0.3 is 11.9 Å². The first-order valence-electron chi connectivity index (χ1n) is 5.82. The maximum Gasteiger partial charge on any atom is 0.336 e. The van der Waals surface area contributed by atoms with Crippen LogP contribution in [-0.4, -0.2) is 35.9 Å². The fraction of sp³-hybridized carbons (Fsp3) is 0.667. The molecule has 0 aromatic heterocycles. The van der Waals surface area contributed by atoms with Gasteiger partial charge in [-0.1, -0.05) is 6.58 Å². The van der Waals surface area contributed by atoms with Gasteiger partial charge in [0.1, 0.15) is 12.2 Å². The molecule has 1 heterocycles. The lowest BCUT2D eigenvalue weighted by Crippen LogP contribution is -2.36. The second-order valence-corrected chi connectivity index (χ2v) is 5.03. The molecule has 0 aromatic carbocycles. The van der Waals surface area contributed by atoms with E-state index in [2.05, 4.69) is 6.58 Å². The van der Waals surface area contributed by atoms with Crippen LogP contribution in [0, 0.1) is 17.8 Å². The van der Waals surface area contributed by atoms with Crippen LogP contribution in [-0.2, 0) is 19.1 Å². The summed E-state index contributed by atoms with van der Waals surface area (Å²) >= 11 is 0. The highest BCUT2D eigenvalue weighted by atomic mass is 16.6. The van der Waals surface area contributed by atoms with Crippen LogP contribution < -0.4 is 0 Å². The van der Waals surface area contributed by atoms with Gasteiger partial charge in [0, 0.05) is 11.8 Å². The van der Waals surface area contributed by atoms with Crippen molar-refractivity contribution >= 4 is 11.9 Å². The lowest BCUT2D eigenvalue weighted by molar-refractivity contribution is -0.158. The molecule has 3 aliphatic rings. The van der Waals surface area contributed by atoms with Gasteiger partial charge in [-0.3, -0.25) is 4.79 Å². The third kappa shape index (κ3) is 1.42. The smallest absolute Gasteiger partial charge is 0.336 e. The molecule has 1 saturated heterocycles. The minimum absolute atomic E-state index is 0.0148. The van der Waals surface area contributed by atoms with Crippen molar-refractivity contribution in [1.29, 1.82) is 0 Å². The average Bonchev–Trinajstić information content (AvgIpc) is 2.92. The molecule has 3 fully saturated rings. The summed E-state index contributed by atoms with van der Waals surface area (Å²) in [7, 11) is 0. The Hall–Kier alpha value is -1.36. The fourth-order valence-corrected chi connectivity index (χ4v) is 3.34. The van der Waals surface area contributed by atoms with Crippen LogP contribution in [0.1, 0.15) is 12.8 Å². The van der Waals surface area contributed by atoms with Crippen molar-refractivity contribution in [2.75, 3.05) is 6.61 Å². The molecule has 2 bridgehead atoms. The van der Waals surface area contributed by atoms with Gasteiger partial charge in [0.05, 0.1) is 18.1 Å². The summed E-state index contributed by atoms with van der Waals surface area (Å²) in [6.07, 6.45) is 1.02. The second-order valence-electron chi connectivity index (χ2n) is 5.03. The van der Waals surface area contributed by atoms with Gasteiger partial charge in [0.25, 0.3) is 0 Å². The first-order chi connectivity index (χ1) is 8.11. The zero-order valence-electron chi connectivity index (χ0n) is 9.30. The van der Waals surface area contributed by atoms with Crippen molar-refractivity contribution in [3.05, 3.63) is 12.2 Å². The van der Waals surface area contributed by atoms with Crippen LogP contribution >= 0.6 is 0 Å². The summed E-state index contributed by atoms with van der Waals surface area (Å²) in [6.45, 7) is 3.01. The quantitative estimate of drug-likeness (QED) is 0.554. The minimum atomic E-state index is -0.593. The number of hydrogen-bond donors (Lipinski definition) is 1. The average molecular weight is 238 g/mol. The fourth-order valence-electron chi connectivity index (χ4n) is 3.34. The Morgan fingerprint density at radius 3 is 3.00 bits per heavy atom. The van der Waals surface area contributed by atoms with Crippen LogP contribution in [0.5, 0.6) is 0 Å². The first-order valence-corrected chi connectivity index (χ1v) is 5.82. The molecule has 1 aliphatic heterocycles. The van der Waals surface area contributed by atoms with Crippen LogP contribution in [0.4, 0.5) is 0 Å². The maximum absolute atomic E-state index is 11.5. The number of rotatable bonds is 3. The number of aliphatic hydroxyl groups excluding tert-OH is 1. The molecule has 0 spiro atoms. The van der Waals surface area contributed by atoms with E-state index >= 15 is 0 Å². The van der Waals surface area contributed by atoms with E-state index in [4.69, 9.17) is 14.6 Å². The van der Waals surface area contributed by atoms with Crippen LogP contribution in [0.2, 0.25) is 0 Å². The molecule has 92 valence electrons. The Balaban J connectivity index is 1.72. The molecule has 5 atom stereocenters. The highest BCUT2D eigenvalue weighted by Crippen LogP contribution is 2.55. The lowest BCUT2D eigenvalue weighted by atomic mass is 9.88. The maximum atomic E-state index is 11.5. The Morgan fingerprint density at radius 1 is 1.53 bits per heavy atom. The number of esters is 2. The van der Waals surface area contributed by atoms with Gasteiger partial charge < -0.3 is 14.6 Å². The standard InChI is InChI=1S/C12H14O5/c1-5(4-13)11(14)16-9-6-2-7-8(3-6)12(15)17-10(7)9/h6-10,13H,1-4H2/t6-,7?,8?,9?,10?/m0/s1. The largest absolute Gasteiger partial charge is 0.458 e. The van der Waals surface area contributed by atoms with Crippen molar-refractivity contribution in [2.24, 2.45) is 17.8 Å². The van der Waals surface area contributed by atoms with Crippen LogP contribution in [0.25, 0.3) is 0 Å². The summed E-state index contributed by atoms with van der Waals surface area (Å²) in [5, 5.41) is 8.80. The molecule has 17 heavy (non-hydrogen) atoms. The monoisotopic (exact) mass is 238 g/mol. The third-order valence-corrected chi connectivity index (χ3v) is 4.14. The predicted octanol–water partition coefficient (Wildman–Crippen LogP) is 0.0281. The van der Waals surface area contributed by atoms with Gasteiger partial charge in [-0.2, -0.15) is 0 Å². The molecule has 4 unspecified atom stereocenters. The van der Waals surface area contributed by atoms with E-state index in [1.165, 1.54) is 0 Å². The van der Waals surface area contributed by atoms with E-state index in [1.807, 2.05) is 0 Å².